The molecule has 0 bridgehead atoms. The number of rotatable bonds is 7. The van der Waals surface area contributed by atoms with Crippen molar-refractivity contribution in [1.82, 2.24) is 0 Å². The van der Waals surface area contributed by atoms with Gasteiger partial charge >= 0.3 is 0 Å². The molecule has 84 valence electrons. The minimum absolute atomic E-state index is 0.836. The molecule has 0 radical (unpaired) electrons. The molecule has 0 unspecified atom stereocenters. The second-order valence-corrected chi connectivity index (χ2v) is 5.44. The Morgan fingerprint density at radius 3 is 2.33 bits per heavy atom. The van der Waals surface area contributed by atoms with Crippen LogP contribution in [-0.2, 0) is 0 Å². The van der Waals surface area contributed by atoms with Crippen molar-refractivity contribution in [3.63, 3.8) is 0 Å². The summed E-state index contributed by atoms with van der Waals surface area (Å²) >= 11 is 5.73. The summed E-state index contributed by atoms with van der Waals surface area (Å²) in [4.78, 5) is 0. The fourth-order valence-electron chi connectivity index (χ4n) is 1.27. The zero-order valence-electron chi connectivity index (χ0n) is 8.72. The van der Waals surface area contributed by atoms with Crippen LogP contribution in [0.5, 0.6) is 5.75 Å². The number of halogens is 2. The standard InChI is InChI=1S/C12H16BrIO/c13-9-3-1-2-4-10-15-12-7-5-11(14)6-8-12/h5-8H,1-4,9-10H2. The van der Waals surface area contributed by atoms with Gasteiger partial charge in [0.15, 0.2) is 0 Å². The van der Waals surface area contributed by atoms with Crippen LogP contribution in [0.3, 0.4) is 0 Å². The molecule has 0 aromatic heterocycles. The molecule has 15 heavy (non-hydrogen) atoms. The fourth-order valence-corrected chi connectivity index (χ4v) is 2.03. The van der Waals surface area contributed by atoms with Gasteiger partial charge in [-0.2, -0.15) is 0 Å². The molecule has 1 aromatic rings. The predicted octanol–water partition coefficient (Wildman–Crippen LogP) is 4.63. The van der Waals surface area contributed by atoms with Gasteiger partial charge in [-0.25, -0.2) is 0 Å². The zero-order valence-corrected chi connectivity index (χ0v) is 12.5. The van der Waals surface area contributed by atoms with Crippen LogP contribution in [0.4, 0.5) is 0 Å². The van der Waals surface area contributed by atoms with Gasteiger partial charge in [-0.05, 0) is 59.7 Å². The fraction of sp³-hybridized carbons (Fsp3) is 0.500. The highest BCUT2D eigenvalue weighted by molar-refractivity contribution is 14.1. The van der Waals surface area contributed by atoms with E-state index >= 15 is 0 Å². The first kappa shape index (κ1) is 13.3. The minimum Gasteiger partial charge on any atom is -0.494 e. The normalized spacial score (nSPS) is 10.3. The largest absolute Gasteiger partial charge is 0.494 e. The van der Waals surface area contributed by atoms with E-state index in [1.54, 1.807) is 0 Å². The second-order valence-electron chi connectivity index (χ2n) is 3.41. The molecule has 0 spiro atoms. The monoisotopic (exact) mass is 382 g/mol. The van der Waals surface area contributed by atoms with Crippen LogP contribution in [0.25, 0.3) is 0 Å². The summed E-state index contributed by atoms with van der Waals surface area (Å²) in [6.07, 6.45) is 4.97. The molecule has 0 aliphatic rings. The van der Waals surface area contributed by atoms with E-state index in [0.29, 0.717) is 0 Å². The average Bonchev–Trinajstić information content (AvgIpc) is 2.26. The highest BCUT2D eigenvalue weighted by Gasteiger charge is 1.93. The molecule has 0 aliphatic carbocycles. The SMILES string of the molecule is BrCCCCCCOc1ccc(I)cc1. The van der Waals surface area contributed by atoms with Gasteiger partial charge in [-0.3, -0.25) is 0 Å². The molecular formula is C12H16BrIO. The zero-order chi connectivity index (χ0) is 10.9. The van der Waals surface area contributed by atoms with Crippen LogP contribution in [0.1, 0.15) is 25.7 Å². The van der Waals surface area contributed by atoms with Gasteiger partial charge in [0.25, 0.3) is 0 Å². The third-order valence-corrected chi connectivity index (χ3v) is 3.39. The van der Waals surface area contributed by atoms with Gasteiger partial charge in [-0.15, -0.1) is 0 Å². The smallest absolute Gasteiger partial charge is 0.119 e. The molecule has 0 heterocycles. The summed E-state index contributed by atoms with van der Waals surface area (Å²) in [5.74, 6) is 0.982. The first-order chi connectivity index (χ1) is 7.33. The lowest BCUT2D eigenvalue weighted by molar-refractivity contribution is 0.305. The summed E-state index contributed by atoms with van der Waals surface area (Å²) in [6.45, 7) is 0.836. The predicted molar refractivity (Wildman–Crippen MR) is 76.9 cm³/mol. The van der Waals surface area contributed by atoms with Crippen LogP contribution in [0.15, 0.2) is 24.3 Å². The van der Waals surface area contributed by atoms with Crippen molar-refractivity contribution >= 4 is 38.5 Å². The Morgan fingerprint density at radius 2 is 1.67 bits per heavy atom. The summed E-state index contributed by atoms with van der Waals surface area (Å²) in [6, 6.07) is 8.20. The number of alkyl halides is 1. The van der Waals surface area contributed by atoms with E-state index in [9.17, 15) is 0 Å². The lowest BCUT2D eigenvalue weighted by atomic mass is 10.2. The summed E-state index contributed by atoms with van der Waals surface area (Å²) in [5.41, 5.74) is 0. The van der Waals surface area contributed by atoms with E-state index in [-0.39, 0.29) is 0 Å². The maximum Gasteiger partial charge on any atom is 0.119 e. The summed E-state index contributed by atoms with van der Waals surface area (Å²) in [5, 5.41) is 1.12. The van der Waals surface area contributed by atoms with Crippen molar-refractivity contribution in [2.75, 3.05) is 11.9 Å². The van der Waals surface area contributed by atoms with Crippen molar-refractivity contribution in [3.05, 3.63) is 27.8 Å². The van der Waals surface area contributed by atoms with Crippen molar-refractivity contribution in [3.8, 4) is 5.75 Å². The average molecular weight is 383 g/mol. The van der Waals surface area contributed by atoms with Crippen molar-refractivity contribution in [2.45, 2.75) is 25.7 Å². The maximum absolute atomic E-state index is 5.63. The summed E-state index contributed by atoms with van der Waals surface area (Å²) in [7, 11) is 0. The number of unbranched alkanes of at least 4 members (excludes halogenated alkanes) is 3. The highest BCUT2D eigenvalue weighted by Crippen LogP contribution is 2.14. The molecule has 0 atom stereocenters. The molecule has 1 nitrogen and oxygen atoms in total. The van der Waals surface area contributed by atoms with E-state index in [4.69, 9.17) is 4.74 Å². The van der Waals surface area contributed by atoms with E-state index in [1.807, 2.05) is 12.1 Å². The molecule has 0 aliphatic heterocycles. The van der Waals surface area contributed by atoms with E-state index in [2.05, 4.69) is 50.7 Å². The Labute approximate surface area is 114 Å². The second kappa shape index (κ2) is 8.39. The van der Waals surface area contributed by atoms with Gasteiger partial charge in [0.2, 0.25) is 0 Å². The van der Waals surface area contributed by atoms with Crippen LogP contribution in [-0.4, -0.2) is 11.9 Å². The molecule has 0 fully saturated rings. The molecule has 3 heteroatoms. The van der Waals surface area contributed by atoms with Crippen LogP contribution in [0.2, 0.25) is 0 Å². The number of hydrogen-bond acceptors (Lipinski definition) is 1. The quantitative estimate of drug-likeness (QED) is 0.379. The van der Waals surface area contributed by atoms with Crippen LogP contribution in [0, 0.1) is 3.57 Å². The Kier molecular flexibility index (Phi) is 7.44. The lowest BCUT2D eigenvalue weighted by Gasteiger charge is -2.05. The molecule has 0 N–H and O–H groups in total. The van der Waals surface area contributed by atoms with Crippen molar-refractivity contribution in [2.24, 2.45) is 0 Å². The molecule has 1 aromatic carbocycles. The van der Waals surface area contributed by atoms with Crippen molar-refractivity contribution < 1.29 is 4.74 Å². The van der Waals surface area contributed by atoms with E-state index < -0.39 is 0 Å². The van der Waals surface area contributed by atoms with Gasteiger partial charge in [0, 0.05) is 8.90 Å². The first-order valence-electron chi connectivity index (χ1n) is 5.27. The maximum atomic E-state index is 5.63. The molecular weight excluding hydrogens is 367 g/mol. The molecule has 1 rings (SSSR count). The Hall–Kier alpha value is 0.230. The summed E-state index contributed by atoms with van der Waals surface area (Å²) < 4.78 is 6.87. The Morgan fingerprint density at radius 1 is 1.00 bits per heavy atom. The van der Waals surface area contributed by atoms with E-state index in [0.717, 1.165) is 24.1 Å². The van der Waals surface area contributed by atoms with Crippen molar-refractivity contribution in [1.29, 1.82) is 0 Å². The first-order valence-corrected chi connectivity index (χ1v) is 7.47. The molecule has 0 saturated carbocycles. The van der Waals surface area contributed by atoms with Crippen LogP contribution < -0.4 is 4.74 Å². The highest BCUT2D eigenvalue weighted by atomic mass is 127. The molecule has 0 amide bonds. The third-order valence-electron chi connectivity index (χ3n) is 2.11. The number of benzene rings is 1. The van der Waals surface area contributed by atoms with Gasteiger partial charge in [0.05, 0.1) is 6.61 Å². The van der Waals surface area contributed by atoms with Gasteiger partial charge < -0.3 is 4.74 Å². The number of hydrogen-bond donors (Lipinski definition) is 0. The van der Waals surface area contributed by atoms with E-state index in [1.165, 1.54) is 22.8 Å². The lowest BCUT2D eigenvalue weighted by Crippen LogP contribution is -1.97. The minimum atomic E-state index is 0.836. The Bertz CT molecular complexity index is 261. The van der Waals surface area contributed by atoms with Crippen LogP contribution >= 0.6 is 38.5 Å². The number of ether oxygens (including phenoxy) is 1. The third kappa shape index (κ3) is 6.40. The van der Waals surface area contributed by atoms with Gasteiger partial charge in [-0.1, -0.05) is 28.8 Å². The van der Waals surface area contributed by atoms with Gasteiger partial charge in [0.1, 0.15) is 5.75 Å². The topological polar surface area (TPSA) is 9.23 Å². The Balaban J connectivity index is 2.07. The molecule has 0 saturated heterocycles.